The minimum atomic E-state index is -4.39. The Hall–Kier alpha value is -5.76. The number of amides is 2. The third-order valence-corrected chi connectivity index (χ3v) is 14.5. The molecule has 4 N–H and O–H groups in total. The van der Waals surface area contributed by atoms with E-state index < -0.39 is 29.4 Å². The van der Waals surface area contributed by atoms with Gasteiger partial charge < -0.3 is 35.1 Å². The summed E-state index contributed by atoms with van der Waals surface area (Å²) in [5, 5.41) is 16.8. The Morgan fingerprint density at radius 1 is 0.634 bits per heavy atom. The van der Waals surface area contributed by atoms with Crippen LogP contribution in [0.1, 0.15) is 119 Å². The number of alkyl halides is 6. The fraction of sp³-hybridized carbons (Fsp3) is 0.412. The third kappa shape index (κ3) is 10.2. The molecule has 0 aliphatic heterocycles. The van der Waals surface area contributed by atoms with E-state index in [1.807, 2.05) is 29.0 Å². The number of benzene rings is 2. The summed E-state index contributed by atoms with van der Waals surface area (Å²) in [4.78, 5) is 58.4. The molecule has 4 heterocycles. The van der Waals surface area contributed by atoms with Crippen LogP contribution in [0.3, 0.4) is 0 Å². The second kappa shape index (κ2) is 19.3. The van der Waals surface area contributed by atoms with Crippen LogP contribution in [0.5, 0.6) is 0 Å². The molecule has 71 heavy (non-hydrogen) atoms. The van der Waals surface area contributed by atoms with Gasteiger partial charge in [0, 0.05) is 59.7 Å². The van der Waals surface area contributed by atoms with Crippen LogP contribution in [0.15, 0.2) is 85.5 Å². The van der Waals surface area contributed by atoms with Crippen LogP contribution in [-0.4, -0.2) is 71.6 Å². The normalized spacial score (nSPS) is 22.4. The van der Waals surface area contributed by atoms with Gasteiger partial charge >= 0.3 is 53.8 Å². The first-order chi connectivity index (χ1) is 32.6. The van der Waals surface area contributed by atoms with E-state index in [0.29, 0.717) is 95.9 Å². The molecule has 0 unspecified atom stereocenters. The topological polar surface area (TPSA) is 187 Å². The Labute approximate surface area is 426 Å². The number of ether oxygens (including phenoxy) is 1. The van der Waals surface area contributed by atoms with Gasteiger partial charge in [0.05, 0.1) is 42.2 Å². The van der Waals surface area contributed by atoms with Gasteiger partial charge in [-0.15, -0.1) is 0 Å². The molecule has 12 rings (SSSR count). The van der Waals surface area contributed by atoms with Crippen LogP contribution < -0.4 is 40.2 Å². The van der Waals surface area contributed by atoms with Gasteiger partial charge in [0.25, 0.3) is 11.8 Å². The average Bonchev–Trinajstić information content (AvgIpc) is 3.84. The summed E-state index contributed by atoms with van der Waals surface area (Å²) in [5.41, 5.74) is 3.06. The quantitative estimate of drug-likeness (QED) is 0.0622. The SMILES string of the molecule is CCn1cc(C(=O)NC23CC(CC(=O)O)(C2)C3)c2c(Cc3ccc(C(F)(F)F)cc3)ccnc21.CCn1cc(C(=O)NC23CC(CC(=O)OC)(C2)C3)c2c(Cc3ccc(C(F)(F)F)cc3)ccnc21.[Na+].[OH-]. The summed E-state index contributed by atoms with van der Waals surface area (Å²) in [5.74, 6) is -1.48. The molecular formula is C51H51F6N6NaO7. The molecule has 0 spiro atoms. The number of aliphatic carboxylic acids is 1. The molecule has 20 heteroatoms. The van der Waals surface area contributed by atoms with E-state index >= 15 is 0 Å². The first-order valence-corrected chi connectivity index (χ1v) is 22.8. The predicted molar refractivity (Wildman–Crippen MR) is 243 cm³/mol. The van der Waals surface area contributed by atoms with Crippen molar-refractivity contribution in [2.75, 3.05) is 7.11 Å². The van der Waals surface area contributed by atoms with Gasteiger partial charge in [0.2, 0.25) is 0 Å². The number of hydrogen-bond donors (Lipinski definition) is 3. The zero-order chi connectivity index (χ0) is 49.3. The molecule has 0 atom stereocenters. The smallest absolute Gasteiger partial charge is 0.870 e. The zero-order valence-electron chi connectivity index (χ0n) is 39.6. The molecule has 6 aliphatic carbocycles. The number of carbonyl (C=O) groups excluding carboxylic acids is 3. The molecule has 2 amide bonds. The number of rotatable bonds is 14. The van der Waals surface area contributed by atoms with E-state index in [2.05, 4.69) is 20.6 Å². The van der Waals surface area contributed by atoms with E-state index in [-0.39, 0.29) is 81.1 Å². The second-order valence-corrected chi connectivity index (χ2v) is 19.6. The Bertz CT molecular complexity index is 2980. The monoisotopic (exact) mass is 996 g/mol. The van der Waals surface area contributed by atoms with Crippen molar-refractivity contribution in [2.45, 2.75) is 115 Å². The van der Waals surface area contributed by atoms with Gasteiger partial charge in [-0.05, 0) is 135 Å². The molecule has 370 valence electrons. The van der Waals surface area contributed by atoms with Gasteiger partial charge in [-0.2, -0.15) is 26.3 Å². The van der Waals surface area contributed by atoms with Crippen molar-refractivity contribution in [2.24, 2.45) is 10.8 Å². The van der Waals surface area contributed by atoms with Gasteiger partial charge in [0.15, 0.2) is 0 Å². The number of nitrogens with zero attached hydrogens (tertiary/aromatic N) is 4. The number of halogens is 6. The summed E-state index contributed by atoms with van der Waals surface area (Å²) in [6.07, 6.45) is 3.58. The zero-order valence-corrected chi connectivity index (χ0v) is 41.6. The maximum absolute atomic E-state index is 13.4. The van der Waals surface area contributed by atoms with Crippen LogP contribution >= 0.6 is 0 Å². The van der Waals surface area contributed by atoms with Crippen molar-refractivity contribution in [3.63, 3.8) is 0 Å². The molecule has 0 radical (unpaired) electrons. The Kier molecular flexibility index (Phi) is 14.5. The summed E-state index contributed by atoms with van der Waals surface area (Å²) in [7, 11) is 1.38. The van der Waals surface area contributed by atoms with Crippen molar-refractivity contribution in [1.29, 1.82) is 0 Å². The summed E-state index contributed by atoms with van der Waals surface area (Å²) >= 11 is 0. The molecule has 6 aromatic rings. The van der Waals surface area contributed by atoms with Crippen molar-refractivity contribution in [3.05, 3.63) is 130 Å². The summed E-state index contributed by atoms with van der Waals surface area (Å²) in [6.45, 7) is 5.13. The summed E-state index contributed by atoms with van der Waals surface area (Å²) < 4.78 is 86.1. The molecule has 2 aromatic carbocycles. The minimum absolute atomic E-state index is 0. The van der Waals surface area contributed by atoms with E-state index in [4.69, 9.17) is 9.84 Å². The van der Waals surface area contributed by atoms with E-state index in [9.17, 15) is 45.5 Å². The average molecular weight is 997 g/mol. The molecular weight excluding hydrogens is 946 g/mol. The standard InChI is InChI=1S/C26H26F3N3O3.C25H24F3N3O3.Na.H2O/c1-3-32-12-19(23(34)31-25-13-24(14-25,15-25)11-20(33)35-2)21-17(8-9-30-22(21)32)10-16-4-6-18(7-5-16)26(27,28)29;1-2-31-11-18(22(34)30-24-12-23(13-24,14-24)10-19(32)33)20-16(7-8-29-21(20)31)9-15-3-5-17(6-4-15)25(26,27)28;;/h4-9,12H,3,10-11,13-15H2,1-2H3,(H,31,34);3-8,11H,2,9-10,12-14H2,1H3,(H,30,34)(H,32,33);;1H2/q;;+1;/p-1. The Balaban J connectivity index is 0.000000203. The van der Waals surface area contributed by atoms with Crippen molar-refractivity contribution in [1.82, 2.24) is 29.7 Å². The Morgan fingerprint density at radius 2 is 1.00 bits per heavy atom. The first-order valence-electron chi connectivity index (χ1n) is 22.8. The number of esters is 1. The van der Waals surface area contributed by atoms with Crippen LogP contribution in [0, 0.1) is 10.8 Å². The number of carboxylic acid groups (broad SMARTS) is 1. The summed E-state index contributed by atoms with van der Waals surface area (Å²) in [6, 6.07) is 13.7. The number of pyridine rings is 2. The number of aryl methyl sites for hydroxylation is 2. The largest absolute Gasteiger partial charge is 1.00 e. The number of carboxylic acids is 1. The third-order valence-electron chi connectivity index (χ3n) is 14.5. The maximum Gasteiger partial charge on any atom is 1.00 e. The van der Waals surface area contributed by atoms with Gasteiger partial charge in [-0.1, -0.05) is 24.3 Å². The number of aromatic nitrogens is 4. The number of nitrogens with one attached hydrogen (secondary N) is 2. The van der Waals surface area contributed by atoms with Gasteiger partial charge in [-0.3, -0.25) is 19.2 Å². The number of carbonyl (C=O) groups is 4. The molecule has 0 saturated heterocycles. The minimum Gasteiger partial charge on any atom is -0.870 e. The van der Waals surface area contributed by atoms with Crippen LogP contribution in [0.2, 0.25) is 0 Å². The Morgan fingerprint density at radius 3 is 1.32 bits per heavy atom. The number of fused-ring (bicyclic) bond motifs is 2. The molecule has 6 aliphatic rings. The molecule has 13 nitrogen and oxygen atoms in total. The first kappa shape index (κ1) is 53.0. The maximum atomic E-state index is 13.4. The van der Waals surface area contributed by atoms with Crippen molar-refractivity contribution < 1.29 is 90.4 Å². The van der Waals surface area contributed by atoms with E-state index in [1.54, 1.807) is 30.9 Å². The van der Waals surface area contributed by atoms with Gasteiger partial charge in [0.1, 0.15) is 11.3 Å². The van der Waals surface area contributed by atoms with Crippen molar-refractivity contribution in [3.8, 4) is 0 Å². The molecule has 6 fully saturated rings. The van der Waals surface area contributed by atoms with Crippen LogP contribution in [-0.2, 0) is 52.6 Å². The van der Waals surface area contributed by atoms with Crippen LogP contribution in [0.25, 0.3) is 22.1 Å². The second-order valence-electron chi connectivity index (χ2n) is 19.6. The molecule has 4 bridgehead atoms. The molecule has 4 aromatic heterocycles. The van der Waals surface area contributed by atoms with Crippen molar-refractivity contribution >= 4 is 45.8 Å². The van der Waals surface area contributed by atoms with Crippen LogP contribution in [0.4, 0.5) is 26.3 Å². The molecule has 6 saturated carbocycles. The van der Waals surface area contributed by atoms with Gasteiger partial charge in [-0.25, -0.2) is 9.97 Å². The fourth-order valence-electron chi connectivity index (χ4n) is 11.7. The fourth-order valence-corrected chi connectivity index (χ4v) is 11.7. The number of methoxy groups -OCH3 is 1. The van der Waals surface area contributed by atoms with E-state index in [0.717, 1.165) is 54.7 Å². The number of hydrogen-bond acceptors (Lipinski definition) is 8. The predicted octanol–water partition coefficient (Wildman–Crippen LogP) is 6.50. The van der Waals surface area contributed by atoms with E-state index in [1.165, 1.54) is 31.4 Å².